The highest BCUT2D eigenvalue weighted by Gasteiger charge is 2.19. The van der Waals surface area contributed by atoms with E-state index in [1.54, 1.807) is 18.3 Å². The Morgan fingerprint density at radius 3 is 2.70 bits per heavy atom. The van der Waals surface area contributed by atoms with Crippen molar-refractivity contribution >= 4 is 33.5 Å². The molecule has 0 spiro atoms. The molecular weight excluding hydrogens is 342 g/mol. The van der Waals surface area contributed by atoms with E-state index in [9.17, 15) is 9.90 Å². The molecule has 0 saturated heterocycles. The van der Waals surface area contributed by atoms with Gasteiger partial charge in [0.15, 0.2) is 0 Å². The van der Waals surface area contributed by atoms with Gasteiger partial charge in [-0.05, 0) is 52.2 Å². The molecule has 1 unspecified atom stereocenters. The molecule has 1 aromatic carbocycles. The van der Waals surface area contributed by atoms with Crippen LogP contribution < -0.4 is 0 Å². The van der Waals surface area contributed by atoms with Crippen LogP contribution in [0.25, 0.3) is 0 Å². The Morgan fingerprint density at radius 2 is 2.10 bits per heavy atom. The fraction of sp³-hybridized carbons (Fsp3) is 0.200. The standard InChI is InChI=1S/C15H13BrClNO2/c16-12-4-5-14(18-9-12)8-11(15(19)20)6-10-2-1-3-13(17)7-10/h1-5,7,9,11H,6,8H2,(H,19,20). The predicted octanol–water partition coefficient (Wildman–Crippen LogP) is 3.98. The van der Waals surface area contributed by atoms with Gasteiger partial charge >= 0.3 is 5.97 Å². The lowest BCUT2D eigenvalue weighted by Gasteiger charge is -2.12. The maximum absolute atomic E-state index is 11.4. The number of halogens is 2. The number of nitrogens with zero attached hydrogens (tertiary/aromatic N) is 1. The lowest BCUT2D eigenvalue weighted by atomic mass is 9.94. The largest absolute Gasteiger partial charge is 0.481 e. The molecule has 0 bridgehead atoms. The molecule has 0 aliphatic carbocycles. The van der Waals surface area contributed by atoms with Crippen molar-refractivity contribution in [3.63, 3.8) is 0 Å². The van der Waals surface area contributed by atoms with Crippen molar-refractivity contribution in [3.05, 3.63) is 63.3 Å². The van der Waals surface area contributed by atoms with Crippen molar-refractivity contribution in [2.45, 2.75) is 12.8 Å². The Kier molecular flexibility index (Phi) is 5.15. The van der Waals surface area contributed by atoms with E-state index in [-0.39, 0.29) is 0 Å². The lowest BCUT2D eigenvalue weighted by molar-refractivity contribution is -0.141. The van der Waals surface area contributed by atoms with Gasteiger partial charge in [0.25, 0.3) is 0 Å². The first-order valence-electron chi connectivity index (χ1n) is 6.12. The molecule has 0 amide bonds. The van der Waals surface area contributed by atoms with Crippen molar-refractivity contribution in [1.29, 1.82) is 0 Å². The first kappa shape index (κ1) is 15.0. The SMILES string of the molecule is O=C(O)C(Cc1cccc(Cl)c1)Cc1ccc(Br)cn1. The number of aliphatic carboxylic acids is 1. The van der Waals surface area contributed by atoms with Crippen LogP contribution >= 0.6 is 27.5 Å². The zero-order chi connectivity index (χ0) is 14.5. The summed E-state index contributed by atoms with van der Waals surface area (Å²) >= 11 is 9.23. The third-order valence-corrected chi connectivity index (χ3v) is 3.67. The van der Waals surface area contributed by atoms with E-state index in [2.05, 4.69) is 20.9 Å². The molecule has 5 heteroatoms. The van der Waals surface area contributed by atoms with E-state index >= 15 is 0 Å². The van der Waals surface area contributed by atoms with Crippen molar-refractivity contribution in [1.82, 2.24) is 4.98 Å². The van der Waals surface area contributed by atoms with Gasteiger partial charge in [-0.15, -0.1) is 0 Å². The number of carboxylic acids is 1. The Hall–Kier alpha value is -1.39. The van der Waals surface area contributed by atoms with E-state index in [0.717, 1.165) is 15.7 Å². The minimum absolute atomic E-state index is 0.398. The van der Waals surface area contributed by atoms with Gasteiger partial charge in [-0.1, -0.05) is 23.7 Å². The van der Waals surface area contributed by atoms with Crippen LogP contribution in [0.1, 0.15) is 11.3 Å². The normalized spacial score (nSPS) is 12.1. The van der Waals surface area contributed by atoms with Gasteiger partial charge in [0.05, 0.1) is 5.92 Å². The average Bonchev–Trinajstić information content (AvgIpc) is 2.40. The highest BCUT2D eigenvalue weighted by atomic mass is 79.9. The highest BCUT2D eigenvalue weighted by Crippen LogP contribution is 2.18. The Labute approximate surface area is 130 Å². The second kappa shape index (κ2) is 6.86. The fourth-order valence-electron chi connectivity index (χ4n) is 1.97. The van der Waals surface area contributed by atoms with Crippen molar-refractivity contribution in [2.75, 3.05) is 0 Å². The van der Waals surface area contributed by atoms with Crippen molar-refractivity contribution in [3.8, 4) is 0 Å². The molecular formula is C15H13BrClNO2. The van der Waals surface area contributed by atoms with E-state index in [1.165, 1.54) is 0 Å². The molecule has 1 N–H and O–H groups in total. The number of carboxylic acid groups (broad SMARTS) is 1. The van der Waals surface area contributed by atoms with Crippen LogP contribution in [0.4, 0.5) is 0 Å². The average molecular weight is 355 g/mol. The zero-order valence-corrected chi connectivity index (χ0v) is 12.9. The van der Waals surface area contributed by atoms with Crippen molar-refractivity contribution in [2.24, 2.45) is 5.92 Å². The number of carbonyl (C=O) groups is 1. The fourth-order valence-corrected chi connectivity index (χ4v) is 2.42. The first-order chi connectivity index (χ1) is 9.54. The topological polar surface area (TPSA) is 50.2 Å². The second-order valence-corrected chi connectivity index (χ2v) is 5.89. The van der Waals surface area contributed by atoms with Gasteiger partial charge in [-0.2, -0.15) is 0 Å². The number of benzene rings is 1. The van der Waals surface area contributed by atoms with Gasteiger partial charge in [0.2, 0.25) is 0 Å². The minimum Gasteiger partial charge on any atom is -0.481 e. The number of hydrogen-bond acceptors (Lipinski definition) is 2. The number of rotatable bonds is 5. The van der Waals surface area contributed by atoms with Gasteiger partial charge in [-0.25, -0.2) is 0 Å². The lowest BCUT2D eigenvalue weighted by Crippen LogP contribution is -2.19. The summed E-state index contributed by atoms with van der Waals surface area (Å²) in [6, 6.07) is 11.0. The van der Waals surface area contributed by atoms with E-state index in [4.69, 9.17) is 11.6 Å². The molecule has 3 nitrogen and oxygen atoms in total. The van der Waals surface area contributed by atoms with Crippen LogP contribution in [-0.2, 0) is 17.6 Å². The maximum Gasteiger partial charge on any atom is 0.307 e. The van der Waals surface area contributed by atoms with Gasteiger partial charge < -0.3 is 5.11 Å². The third-order valence-electron chi connectivity index (χ3n) is 2.96. The molecule has 0 aliphatic rings. The molecule has 2 aromatic rings. The maximum atomic E-state index is 11.4. The van der Waals surface area contributed by atoms with Crippen LogP contribution in [0.3, 0.4) is 0 Å². The molecule has 20 heavy (non-hydrogen) atoms. The molecule has 104 valence electrons. The van der Waals surface area contributed by atoms with Crippen LogP contribution in [0.2, 0.25) is 5.02 Å². The Bertz CT molecular complexity index is 601. The summed E-state index contributed by atoms with van der Waals surface area (Å²) in [5.74, 6) is -1.34. The second-order valence-electron chi connectivity index (χ2n) is 4.54. The monoisotopic (exact) mass is 353 g/mol. The van der Waals surface area contributed by atoms with Gasteiger partial charge in [0.1, 0.15) is 0 Å². The number of pyridine rings is 1. The molecule has 0 fully saturated rings. The molecule has 2 rings (SSSR count). The van der Waals surface area contributed by atoms with Gasteiger partial charge in [-0.3, -0.25) is 9.78 Å². The van der Waals surface area contributed by atoms with E-state index in [0.29, 0.717) is 17.9 Å². The van der Waals surface area contributed by atoms with Crippen LogP contribution in [-0.4, -0.2) is 16.1 Å². The molecule has 1 aromatic heterocycles. The number of aromatic nitrogens is 1. The third kappa shape index (κ3) is 4.32. The highest BCUT2D eigenvalue weighted by molar-refractivity contribution is 9.10. The zero-order valence-electron chi connectivity index (χ0n) is 10.6. The number of hydrogen-bond donors (Lipinski definition) is 1. The van der Waals surface area contributed by atoms with Crippen LogP contribution in [0.15, 0.2) is 47.1 Å². The predicted molar refractivity (Wildman–Crippen MR) is 81.9 cm³/mol. The first-order valence-corrected chi connectivity index (χ1v) is 7.29. The molecule has 1 heterocycles. The minimum atomic E-state index is -0.824. The van der Waals surface area contributed by atoms with Gasteiger partial charge in [0, 0.05) is 27.8 Å². The Balaban J connectivity index is 2.11. The van der Waals surface area contributed by atoms with Crippen LogP contribution in [0, 0.1) is 5.92 Å². The summed E-state index contributed by atoms with van der Waals surface area (Å²) in [6.07, 6.45) is 2.51. The van der Waals surface area contributed by atoms with Crippen molar-refractivity contribution < 1.29 is 9.90 Å². The summed E-state index contributed by atoms with van der Waals surface area (Å²) in [4.78, 5) is 15.6. The molecule has 0 aliphatic heterocycles. The molecule has 0 radical (unpaired) electrons. The quantitative estimate of drug-likeness (QED) is 0.883. The van der Waals surface area contributed by atoms with E-state index in [1.807, 2.05) is 24.3 Å². The smallest absolute Gasteiger partial charge is 0.307 e. The Morgan fingerprint density at radius 1 is 1.30 bits per heavy atom. The van der Waals surface area contributed by atoms with Crippen LogP contribution in [0.5, 0.6) is 0 Å². The molecule has 0 saturated carbocycles. The van der Waals surface area contributed by atoms with E-state index < -0.39 is 11.9 Å². The summed E-state index contributed by atoms with van der Waals surface area (Å²) in [6.45, 7) is 0. The molecule has 1 atom stereocenters. The summed E-state index contributed by atoms with van der Waals surface area (Å²) in [5.41, 5.74) is 1.68. The summed E-state index contributed by atoms with van der Waals surface area (Å²) in [7, 11) is 0. The summed E-state index contributed by atoms with van der Waals surface area (Å²) < 4.78 is 0.878. The summed E-state index contributed by atoms with van der Waals surface area (Å²) in [5, 5.41) is 9.97.